The Labute approximate surface area is 193 Å². The lowest BCUT2D eigenvalue weighted by Crippen LogP contribution is -2.51. The smallest absolute Gasteiger partial charge is 0.291 e. The predicted octanol–water partition coefficient (Wildman–Crippen LogP) is 3.18. The van der Waals surface area contributed by atoms with E-state index in [9.17, 15) is 9.59 Å². The van der Waals surface area contributed by atoms with Gasteiger partial charge in [-0.2, -0.15) is 0 Å². The molecule has 0 aliphatic carbocycles. The van der Waals surface area contributed by atoms with Gasteiger partial charge in [-0.15, -0.1) is 0 Å². The van der Waals surface area contributed by atoms with Crippen molar-refractivity contribution in [2.45, 2.75) is 19.9 Å². The highest BCUT2D eigenvalue weighted by molar-refractivity contribution is 6.04. The van der Waals surface area contributed by atoms with Crippen molar-refractivity contribution in [1.82, 2.24) is 15.2 Å². The summed E-state index contributed by atoms with van der Waals surface area (Å²) >= 11 is 0. The summed E-state index contributed by atoms with van der Waals surface area (Å²) in [6, 6.07) is 14.5. The lowest BCUT2D eigenvalue weighted by Gasteiger charge is -2.36. The number of nitrogens with one attached hydrogen (secondary N) is 2. The van der Waals surface area contributed by atoms with Gasteiger partial charge in [0.2, 0.25) is 0 Å². The fraction of sp³-hybridized carbons (Fsp3) is 0.320. The molecule has 1 aliphatic heterocycles. The highest BCUT2D eigenvalue weighted by atomic mass is 16.3. The zero-order valence-electron chi connectivity index (χ0n) is 19.0. The largest absolute Gasteiger partial charge is 0.459 e. The van der Waals surface area contributed by atoms with Crippen LogP contribution in [0.15, 0.2) is 65.4 Å². The fourth-order valence-corrected chi connectivity index (χ4v) is 3.93. The number of anilines is 2. The van der Waals surface area contributed by atoms with Gasteiger partial charge in [0.25, 0.3) is 11.8 Å². The molecular weight excluding hydrogens is 418 g/mol. The number of hydrogen-bond acceptors (Lipinski definition) is 6. The summed E-state index contributed by atoms with van der Waals surface area (Å²) in [4.78, 5) is 34.2. The first-order chi connectivity index (χ1) is 16.0. The molecule has 1 aromatic carbocycles. The number of furan rings is 1. The highest BCUT2D eigenvalue weighted by Crippen LogP contribution is 2.19. The van der Waals surface area contributed by atoms with Crippen LogP contribution >= 0.6 is 0 Å². The molecule has 33 heavy (non-hydrogen) atoms. The van der Waals surface area contributed by atoms with Gasteiger partial charge < -0.3 is 20.0 Å². The van der Waals surface area contributed by atoms with Gasteiger partial charge in [0.1, 0.15) is 5.82 Å². The van der Waals surface area contributed by atoms with Crippen molar-refractivity contribution >= 4 is 23.3 Å². The second kappa shape index (κ2) is 10.3. The average molecular weight is 448 g/mol. The van der Waals surface area contributed by atoms with E-state index in [1.54, 1.807) is 24.3 Å². The van der Waals surface area contributed by atoms with Crippen LogP contribution in [0.4, 0.5) is 11.5 Å². The van der Waals surface area contributed by atoms with Crippen LogP contribution in [0.3, 0.4) is 0 Å². The van der Waals surface area contributed by atoms with Crippen LogP contribution in [0.2, 0.25) is 0 Å². The van der Waals surface area contributed by atoms with Crippen LogP contribution in [-0.2, 0) is 0 Å². The second-order valence-electron chi connectivity index (χ2n) is 8.31. The van der Waals surface area contributed by atoms with Gasteiger partial charge in [0.15, 0.2) is 5.76 Å². The summed E-state index contributed by atoms with van der Waals surface area (Å²) in [5.74, 6) is 0.718. The maximum atomic E-state index is 12.8. The number of aryl methyl sites for hydroxylation is 1. The zero-order valence-corrected chi connectivity index (χ0v) is 19.0. The van der Waals surface area contributed by atoms with E-state index in [0.29, 0.717) is 11.3 Å². The molecule has 0 bridgehead atoms. The highest BCUT2D eigenvalue weighted by Gasteiger charge is 2.20. The van der Waals surface area contributed by atoms with Crippen LogP contribution in [0.5, 0.6) is 0 Å². The molecule has 3 heterocycles. The molecule has 2 aromatic heterocycles. The molecule has 0 radical (unpaired) electrons. The minimum Gasteiger partial charge on any atom is -0.459 e. The van der Waals surface area contributed by atoms with Crippen molar-refractivity contribution in [3.8, 4) is 0 Å². The summed E-state index contributed by atoms with van der Waals surface area (Å²) in [6.45, 7) is 8.33. The molecule has 0 spiro atoms. The summed E-state index contributed by atoms with van der Waals surface area (Å²) < 4.78 is 5.14. The number of aromatic nitrogens is 1. The molecular formula is C25H29N5O3. The molecule has 172 valence electrons. The Kier molecular flexibility index (Phi) is 7.04. The van der Waals surface area contributed by atoms with Gasteiger partial charge in [0, 0.05) is 56.2 Å². The number of benzene rings is 1. The number of nitrogens with zero attached hydrogens (tertiary/aromatic N) is 3. The number of carbonyl (C=O) groups excluding carboxylic acids is 2. The van der Waals surface area contributed by atoms with Crippen LogP contribution in [0, 0.1) is 6.92 Å². The number of piperazine rings is 1. The van der Waals surface area contributed by atoms with Crippen molar-refractivity contribution in [2.24, 2.45) is 0 Å². The number of hydrogen-bond donors (Lipinski definition) is 2. The molecule has 1 aliphatic rings. The molecule has 4 rings (SSSR count). The SMILES string of the molecule is Cc1ccc(C(=O)NC(C)CN2CCN(c3ccccn3)CC2)cc1NC(=O)c1ccco1. The number of carbonyl (C=O) groups is 2. The normalized spacial score (nSPS) is 15.2. The van der Waals surface area contributed by atoms with Crippen molar-refractivity contribution in [2.75, 3.05) is 42.9 Å². The van der Waals surface area contributed by atoms with Crippen LogP contribution in [0.25, 0.3) is 0 Å². The lowest BCUT2D eigenvalue weighted by molar-refractivity contribution is 0.0926. The second-order valence-corrected chi connectivity index (χ2v) is 8.31. The Bertz CT molecular complexity index is 1080. The topological polar surface area (TPSA) is 90.7 Å². The maximum Gasteiger partial charge on any atom is 0.291 e. The number of amides is 2. The molecule has 2 N–H and O–H groups in total. The Morgan fingerprint density at radius 1 is 1.06 bits per heavy atom. The van der Waals surface area contributed by atoms with Gasteiger partial charge in [-0.05, 0) is 55.8 Å². The van der Waals surface area contributed by atoms with E-state index < -0.39 is 0 Å². The quantitative estimate of drug-likeness (QED) is 0.578. The Hall–Kier alpha value is -3.65. The third-order valence-corrected chi connectivity index (χ3v) is 5.75. The van der Waals surface area contributed by atoms with Gasteiger partial charge in [-0.1, -0.05) is 12.1 Å². The molecule has 1 atom stereocenters. The summed E-state index contributed by atoms with van der Waals surface area (Å²) in [5, 5.41) is 5.89. The van der Waals surface area contributed by atoms with Crippen molar-refractivity contribution in [3.05, 3.63) is 77.9 Å². The average Bonchev–Trinajstić information content (AvgIpc) is 3.37. The summed E-state index contributed by atoms with van der Waals surface area (Å²) in [6.07, 6.45) is 3.27. The summed E-state index contributed by atoms with van der Waals surface area (Å²) in [7, 11) is 0. The van der Waals surface area contributed by atoms with E-state index in [1.165, 1.54) is 6.26 Å². The predicted molar refractivity (Wildman–Crippen MR) is 128 cm³/mol. The van der Waals surface area contributed by atoms with E-state index in [-0.39, 0.29) is 23.6 Å². The Morgan fingerprint density at radius 2 is 1.88 bits per heavy atom. The third kappa shape index (κ3) is 5.78. The first-order valence-electron chi connectivity index (χ1n) is 11.1. The van der Waals surface area contributed by atoms with Crippen molar-refractivity contribution in [1.29, 1.82) is 0 Å². The number of pyridine rings is 1. The van der Waals surface area contributed by atoms with Gasteiger partial charge in [-0.3, -0.25) is 14.5 Å². The van der Waals surface area contributed by atoms with E-state index >= 15 is 0 Å². The van der Waals surface area contributed by atoms with Crippen LogP contribution in [0.1, 0.15) is 33.4 Å². The van der Waals surface area contributed by atoms with Crippen molar-refractivity contribution < 1.29 is 14.0 Å². The lowest BCUT2D eigenvalue weighted by atomic mass is 10.1. The van der Waals surface area contributed by atoms with Gasteiger partial charge in [-0.25, -0.2) is 4.98 Å². The monoisotopic (exact) mass is 447 g/mol. The molecule has 1 fully saturated rings. The fourth-order valence-electron chi connectivity index (χ4n) is 3.93. The Morgan fingerprint density at radius 3 is 2.58 bits per heavy atom. The maximum absolute atomic E-state index is 12.8. The number of rotatable bonds is 7. The Balaban J connectivity index is 1.29. The van der Waals surface area contributed by atoms with Crippen LogP contribution in [-0.4, -0.2) is 60.5 Å². The molecule has 8 nitrogen and oxygen atoms in total. The van der Waals surface area contributed by atoms with Crippen molar-refractivity contribution in [3.63, 3.8) is 0 Å². The standard InChI is InChI=1S/C25H29N5O3/c1-18-8-9-20(16-21(18)28-25(32)22-6-5-15-33-22)24(31)27-19(2)17-29-11-13-30(14-12-29)23-7-3-4-10-26-23/h3-10,15-16,19H,11-14,17H2,1-2H3,(H,27,31)(H,28,32). The molecule has 3 aromatic rings. The zero-order chi connectivity index (χ0) is 23.2. The third-order valence-electron chi connectivity index (χ3n) is 5.75. The molecule has 0 saturated carbocycles. The molecule has 2 amide bonds. The van der Waals surface area contributed by atoms with Crippen LogP contribution < -0.4 is 15.5 Å². The van der Waals surface area contributed by atoms with E-state index in [2.05, 4.69) is 25.4 Å². The summed E-state index contributed by atoms with van der Waals surface area (Å²) in [5.41, 5.74) is 1.95. The van der Waals surface area contributed by atoms with E-state index in [0.717, 1.165) is 44.1 Å². The van der Waals surface area contributed by atoms with Gasteiger partial charge >= 0.3 is 0 Å². The first kappa shape index (κ1) is 22.5. The minimum atomic E-state index is -0.348. The van der Waals surface area contributed by atoms with E-state index in [1.807, 2.05) is 44.3 Å². The minimum absolute atomic E-state index is 0.0126. The first-order valence-corrected chi connectivity index (χ1v) is 11.1. The molecule has 1 saturated heterocycles. The van der Waals surface area contributed by atoms with Gasteiger partial charge in [0.05, 0.1) is 6.26 Å². The molecule has 1 unspecified atom stereocenters. The molecule has 8 heteroatoms. The van der Waals surface area contributed by atoms with E-state index in [4.69, 9.17) is 4.42 Å².